The van der Waals surface area contributed by atoms with Crippen LogP contribution >= 0.6 is 0 Å². The second kappa shape index (κ2) is 7.77. The molecule has 0 unspecified atom stereocenters. The van der Waals surface area contributed by atoms with Gasteiger partial charge in [0.15, 0.2) is 0 Å². The van der Waals surface area contributed by atoms with Crippen molar-refractivity contribution < 1.29 is 23.6 Å². The fraction of sp³-hybridized carbons (Fsp3) is 0.158. The van der Waals surface area contributed by atoms with E-state index >= 15 is 0 Å². The first kappa shape index (κ1) is 18.2. The largest absolute Gasteiger partial charge is 0.353 e. The fourth-order valence-electron chi connectivity index (χ4n) is 2.70. The van der Waals surface area contributed by atoms with E-state index in [4.69, 9.17) is 0 Å². The Morgan fingerprint density at radius 2 is 1.41 bits per heavy atom. The van der Waals surface area contributed by atoms with Gasteiger partial charge in [0.2, 0.25) is 5.91 Å². The van der Waals surface area contributed by atoms with Crippen molar-refractivity contribution in [2.24, 2.45) is 0 Å². The van der Waals surface area contributed by atoms with Crippen LogP contribution < -0.4 is 10.6 Å². The Kier molecular flexibility index (Phi) is 5.25. The summed E-state index contributed by atoms with van der Waals surface area (Å²) in [5.74, 6) is -2.80. The van der Waals surface area contributed by atoms with Crippen LogP contribution in [0.4, 0.5) is 4.39 Å². The van der Waals surface area contributed by atoms with Gasteiger partial charge >= 0.3 is 0 Å². The quantitative estimate of drug-likeness (QED) is 0.586. The number of fused-ring (bicyclic) bond motifs is 1. The molecule has 7 nitrogen and oxygen atoms in total. The summed E-state index contributed by atoms with van der Waals surface area (Å²) >= 11 is 0. The molecule has 2 N–H and O–H groups in total. The number of nitrogens with zero attached hydrogens (tertiary/aromatic N) is 1. The van der Waals surface area contributed by atoms with Crippen molar-refractivity contribution in [1.82, 2.24) is 15.5 Å². The van der Waals surface area contributed by atoms with Gasteiger partial charge in [0.05, 0.1) is 16.7 Å². The van der Waals surface area contributed by atoms with E-state index in [0.29, 0.717) is 0 Å². The maximum absolute atomic E-state index is 13.5. The van der Waals surface area contributed by atoms with Crippen LogP contribution in [0.2, 0.25) is 0 Å². The molecule has 2 aromatic rings. The molecule has 0 atom stereocenters. The van der Waals surface area contributed by atoms with Crippen LogP contribution in [-0.2, 0) is 4.79 Å². The molecule has 138 valence electrons. The maximum atomic E-state index is 13.5. The molecule has 0 aromatic heterocycles. The van der Waals surface area contributed by atoms with Crippen molar-refractivity contribution in [3.63, 3.8) is 0 Å². The number of imide groups is 1. The summed E-state index contributed by atoms with van der Waals surface area (Å²) in [7, 11) is 0. The molecule has 0 spiro atoms. The van der Waals surface area contributed by atoms with E-state index in [-0.39, 0.29) is 29.8 Å². The number of rotatable bonds is 6. The average Bonchev–Trinajstić information content (AvgIpc) is 2.91. The van der Waals surface area contributed by atoms with E-state index in [2.05, 4.69) is 10.6 Å². The molecular formula is C19H16FN3O4. The van der Waals surface area contributed by atoms with Crippen LogP contribution in [-0.4, -0.2) is 48.2 Å². The molecule has 3 rings (SSSR count). The number of carbonyl (C=O) groups is 4. The molecule has 8 heteroatoms. The Morgan fingerprint density at radius 3 is 2.04 bits per heavy atom. The van der Waals surface area contributed by atoms with Gasteiger partial charge in [-0.05, 0) is 24.3 Å². The third-order valence-corrected chi connectivity index (χ3v) is 4.03. The molecule has 0 fully saturated rings. The number of amides is 4. The predicted octanol–water partition coefficient (Wildman–Crippen LogP) is 0.968. The first-order chi connectivity index (χ1) is 13.0. The smallest absolute Gasteiger partial charge is 0.262 e. The molecule has 1 aliphatic rings. The SMILES string of the molecule is O=C(CN1C(=O)c2ccccc2C1=O)NCCNC(=O)c1ccccc1F. The minimum Gasteiger partial charge on any atom is -0.353 e. The van der Waals surface area contributed by atoms with Gasteiger partial charge in [-0.2, -0.15) is 0 Å². The normalized spacial score (nSPS) is 12.7. The monoisotopic (exact) mass is 369 g/mol. The van der Waals surface area contributed by atoms with Gasteiger partial charge in [-0.25, -0.2) is 4.39 Å². The molecule has 0 saturated carbocycles. The highest BCUT2D eigenvalue weighted by Crippen LogP contribution is 2.21. The van der Waals surface area contributed by atoms with Gasteiger partial charge in [0, 0.05) is 13.1 Å². The van der Waals surface area contributed by atoms with Crippen molar-refractivity contribution in [1.29, 1.82) is 0 Å². The highest BCUT2D eigenvalue weighted by Gasteiger charge is 2.36. The first-order valence-corrected chi connectivity index (χ1v) is 8.23. The van der Waals surface area contributed by atoms with Crippen molar-refractivity contribution in [3.05, 3.63) is 71.0 Å². The van der Waals surface area contributed by atoms with E-state index in [1.165, 1.54) is 30.3 Å². The summed E-state index contributed by atoms with van der Waals surface area (Å²) in [6.07, 6.45) is 0. The fourth-order valence-corrected chi connectivity index (χ4v) is 2.70. The zero-order chi connectivity index (χ0) is 19.4. The van der Waals surface area contributed by atoms with E-state index in [9.17, 15) is 23.6 Å². The Labute approximate surface area is 154 Å². The predicted molar refractivity (Wildman–Crippen MR) is 93.6 cm³/mol. The van der Waals surface area contributed by atoms with Crippen LogP contribution in [0.5, 0.6) is 0 Å². The maximum Gasteiger partial charge on any atom is 0.262 e. The van der Waals surface area contributed by atoms with Crippen LogP contribution in [0.15, 0.2) is 48.5 Å². The second-order valence-corrected chi connectivity index (χ2v) is 5.83. The van der Waals surface area contributed by atoms with Gasteiger partial charge in [-0.3, -0.25) is 24.1 Å². The highest BCUT2D eigenvalue weighted by atomic mass is 19.1. The van der Waals surface area contributed by atoms with Crippen molar-refractivity contribution in [2.45, 2.75) is 0 Å². The van der Waals surface area contributed by atoms with Crippen LogP contribution in [0.1, 0.15) is 31.1 Å². The summed E-state index contributed by atoms with van der Waals surface area (Å²) < 4.78 is 13.5. The van der Waals surface area contributed by atoms with Gasteiger partial charge in [-0.15, -0.1) is 0 Å². The number of halogens is 1. The molecule has 1 aliphatic heterocycles. The molecule has 1 heterocycles. The van der Waals surface area contributed by atoms with Gasteiger partial charge < -0.3 is 10.6 Å². The van der Waals surface area contributed by atoms with Gasteiger partial charge in [-0.1, -0.05) is 24.3 Å². The third kappa shape index (κ3) is 3.84. The number of carbonyl (C=O) groups excluding carboxylic acids is 4. The van der Waals surface area contributed by atoms with Gasteiger partial charge in [0.25, 0.3) is 17.7 Å². The van der Waals surface area contributed by atoms with E-state index in [1.54, 1.807) is 18.2 Å². The molecule has 0 saturated heterocycles. The summed E-state index contributed by atoms with van der Waals surface area (Å²) in [6, 6.07) is 11.9. The molecular weight excluding hydrogens is 353 g/mol. The molecule has 0 aliphatic carbocycles. The Balaban J connectivity index is 1.46. The molecule has 0 radical (unpaired) electrons. The van der Waals surface area contributed by atoms with Crippen molar-refractivity contribution in [3.8, 4) is 0 Å². The number of nitrogens with one attached hydrogen (secondary N) is 2. The summed E-state index contributed by atoms with van der Waals surface area (Å²) in [5.41, 5.74) is 0.453. The van der Waals surface area contributed by atoms with E-state index < -0.39 is 36.0 Å². The summed E-state index contributed by atoms with van der Waals surface area (Å²) in [4.78, 5) is 49.1. The van der Waals surface area contributed by atoms with E-state index in [1.807, 2.05) is 0 Å². The molecule has 0 bridgehead atoms. The van der Waals surface area contributed by atoms with Crippen molar-refractivity contribution >= 4 is 23.6 Å². The van der Waals surface area contributed by atoms with Gasteiger partial charge in [0.1, 0.15) is 12.4 Å². The average molecular weight is 369 g/mol. The summed E-state index contributed by atoms with van der Waals surface area (Å²) in [5, 5.41) is 4.98. The lowest BCUT2D eigenvalue weighted by molar-refractivity contribution is -0.121. The third-order valence-electron chi connectivity index (χ3n) is 4.03. The molecule has 4 amide bonds. The zero-order valence-corrected chi connectivity index (χ0v) is 14.2. The summed E-state index contributed by atoms with van der Waals surface area (Å²) in [6.45, 7) is -0.267. The van der Waals surface area contributed by atoms with E-state index in [0.717, 1.165) is 4.90 Å². The number of benzene rings is 2. The minimum atomic E-state index is -0.635. The number of hydrogen-bond acceptors (Lipinski definition) is 4. The van der Waals surface area contributed by atoms with Crippen LogP contribution in [0, 0.1) is 5.82 Å². The van der Waals surface area contributed by atoms with Crippen LogP contribution in [0.25, 0.3) is 0 Å². The molecule has 2 aromatic carbocycles. The lowest BCUT2D eigenvalue weighted by Gasteiger charge is -2.13. The molecule has 27 heavy (non-hydrogen) atoms. The number of hydrogen-bond donors (Lipinski definition) is 2. The Bertz CT molecular complexity index is 894. The minimum absolute atomic E-state index is 0.0705. The van der Waals surface area contributed by atoms with Crippen LogP contribution in [0.3, 0.4) is 0 Å². The Hall–Kier alpha value is -3.55. The topological polar surface area (TPSA) is 95.6 Å². The standard InChI is InChI=1S/C19H16FN3O4/c20-15-8-4-3-7-14(15)17(25)22-10-9-21-16(24)11-23-18(26)12-5-1-2-6-13(12)19(23)27/h1-8H,9-11H2,(H,21,24)(H,22,25). The lowest BCUT2D eigenvalue weighted by Crippen LogP contribution is -2.42. The Morgan fingerprint density at radius 1 is 0.852 bits per heavy atom. The zero-order valence-electron chi connectivity index (χ0n) is 14.2. The second-order valence-electron chi connectivity index (χ2n) is 5.83. The lowest BCUT2D eigenvalue weighted by atomic mass is 10.1. The highest BCUT2D eigenvalue weighted by molar-refractivity contribution is 6.22. The first-order valence-electron chi connectivity index (χ1n) is 8.23. The van der Waals surface area contributed by atoms with Crippen molar-refractivity contribution in [2.75, 3.05) is 19.6 Å².